The van der Waals surface area contributed by atoms with Crippen LogP contribution in [-0.2, 0) is 4.79 Å². The second-order valence-corrected chi connectivity index (χ2v) is 6.20. The van der Waals surface area contributed by atoms with E-state index < -0.39 is 0 Å². The summed E-state index contributed by atoms with van der Waals surface area (Å²) in [6, 6.07) is 16.6. The van der Waals surface area contributed by atoms with Gasteiger partial charge >= 0.3 is 0 Å². The highest BCUT2D eigenvalue weighted by molar-refractivity contribution is 5.96. The number of carbonyl (C=O) groups excluding carboxylic acids is 2. The zero-order valence-electron chi connectivity index (χ0n) is 14.2. The Hall–Kier alpha value is -2.82. The summed E-state index contributed by atoms with van der Waals surface area (Å²) in [7, 11) is 1.63. The molecule has 1 atom stereocenters. The Morgan fingerprint density at radius 1 is 1.08 bits per heavy atom. The van der Waals surface area contributed by atoms with Crippen LogP contribution in [0.3, 0.4) is 0 Å². The Labute approximate surface area is 147 Å². The molecule has 2 amide bonds. The second-order valence-electron chi connectivity index (χ2n) is 6.20. The van der Waals surface area contributed by atoms with Gasteiger partial charge in [0.05, 0.1) is 19.7 Å². The maximum absolute atomic E-state index is 12.3. The van der Waals surface area contributed by atoms with Crippen molar-refractivity contribution >= 4 is 11.8 Å². The summed E-state index contributed by atoms with van der Waals surface area (Å²) in [5, 5.41) is 5.71. The first-order valence-corrected chi connectivity index (χ1v) is 8.44. The number of benzene rings is 2. The van der Waals surface area contributed by atoms with E-state index in [4.69, 9.17) is 4.74 Å². The van der Waals surface area contributed by atoms with Crippen LogP contribution in [-0.4, -0.2) is 25.5 Å². The van der Waals surface area contributed by atoms with Gasteiger partial charge in [-0.2, -0.15) is 0 Å². The molecular weight excluding hydrogens is 316 g/mol. The van der Waals surface area contributed by atoms with Crippen molar-refractivity contribution < 1.29 is 14.3 Å². The highest BCUT2D eigenvalue weighted by Crippen LogP contribution is 2.41. The van der Waals surface area contributed by atoms with Gasteiger partial charge in [-0.3, -0.25) is 9.59 Å². The molecule has 5 nitrogen and oxygen atoms in total. The maximum atomic E-state index is 12.3. The number of nitrogens with one attached hydrogen (secondary N) is 2. The lowest BCUT2D eigenvalue weighted by molar-refractivity contribution is -0.121. The van der Waals surface area contributed by atoms with Gasteiger partial charge in [0, 0.05) is 5.56 Å². The molecule has 0 aromatic heterocycles. The molecule has 2 aromatic carbocycles. The maximum Gasteiger partial charge on any atom is 0.251 e. The molecule has 1 aliphatic carbocycles. The summed E-state index contributed by atoms with van der Waals surface area (Å²) >= 11 is 0. The van der Waals surface area contributed by atoms with E-state index in [0.717, 1.165) is 24.2 Å². The number of rotatable bonds is 7. The van der Waals surface area contributed by atoms with Gasteiger partial charge in [-0.15, -0.1) is 0 Å². The van der Waals surface area contributed by atoms with Crippen molar-refractivity contribution in [1.82, 2.24) is 10.6 Å². The lowest BCUT2D eigenvalue weighted by atomic mass is 10.0. The van der Waals surface area contributed by atoms with Gasteiger partial charge in [0.15, 0.2) is 0 Å². The van der Waals surface area contributed by atoms with E-state index in [1.54, 1.807) is 31.4 Å². The highest BCUT2D eigenvalue weighted by Gasteiger charge is 2.33. The van der Waals surface area contributed by atoms with E-state index in [0.29, 0.717) is 11.5 Å². The smallest absolute Gasteiger partial charge is 0.251 e. The van der Waals surface area contributed by atoms with Gasteiger partial charge < -0.3 is 15.4 Å². The molecule has 1 unspecified atom stereocenters. The molecule has 0 bridgehead atoms. The Kier molecular flexibility index (Phi) is 5.33. The molecule has 2 N–H and O–H groups in total. The molecule has 130 valence electrons. The summed E-state index contributed by atoms with van der Waals surface area (Å²) in [5.41, 5.74) is 1.61. The largest absolute Gasteiger partial charge is 0.497 e. The zero-order valence-corrected chi connectivity index (χ0v) is 14.2. The Morgan fingerprint density at radius 3 is 2.36 bits per heavy atom. The van der Waals surface area contributed by atoms with Crippen LogP contribution in [0, 0.1) is 5.92 Å². The monoisotopic (exact) mass is 338 g/mol. The number of carbonyl (C=O) groups is 2. The van der Waals surface area contributed by atoms with Gasteiger partial charge in [-0.1, -0.05) is 30.3 Å². The first kappa shape index (κ1) is 17.0. The molecule has 5 heteroatoms. The number of methoxy groups -OCH3 is 1. The molecule has 0 spiro atoms. The normalized spacial score (nSPS) is 14.4. The fraction of sp³-hybridized carbons (Fsp3) is 0.300. The van der Waals surface area contributed by atoms with Crippen LogP contribution in [0.2, 0.25) is 0 Å². The third-order valence-corrected chi connectivity index (χ3v) is 4.33. The van der Waals surface area contributed by atoms with E-state index in [-0.39, 0.29) is 24.4 Å². The lowest BCUT2D eigenvalue weighted by Crippen LogP contribution is -2.39. The second kappa shape index (κ2) is 7.83. The molecule has 2 aromatic rings. The fourth-order valence-corrected chi connectivity index (χ4v) is 2.79. The molecule has 1 saturated carbocycles. The molecule has 1 fully saturated rings. The molecule has 1 aliphatic rings. The lowest BCUT2D eigenvalue weighted by Gasteiger charge is -2.19. The van der Waals surface area contributed by atoms with Crippen LogP contribution < -0.4 is 15.4 Å². The Bertz CT molecular complexity index is 724. The van der Waals surface area contributed by atoms with Crippen molar-refractivity contribution in [3.63, 3.8) is 0 Å². The van der Waals surface area contributed by atoms with Crippen LogP contribution in [0.5, 0.6) is 5.75 Å². The van der Waals surface area contributed by atoms with Crippen LogP contribution in [0.15, 0.2) is 54.6 Å². The van der Waals surface area contributed by atoms with Gasteiger partial charge in [0.1, 0.15) is 5.75 Å². The average Bonchev–Trinajstić information content (AvgIpc) is 3.50. The van der Waals surface area contributed by atoms with Crippen molar-refractivity contribution in [2.45, 2.75) is 18.9 Å². The molecule has 0 radical (unpaired) electrons. The molecule has 0 aliphatic heterocycles. The van der Waals surface area contributed by atoms with Gasteiger partial charge in [0.25, 0.3) is 5.91 Å². The van der Waals surface area contributed by atoms with E-state index in [1.807, 2.05) is 30.3 Å². The van der Waals surface area contributed by atoms with E-state index in [2.05, 4.69) is 10.6 Å². The Balaban J connectivity index is 1.56. The predicted molar refractivity (Wildman–Crippen MR) is 95.4 cm³/mol. The van der Waals surface area contributed by atoms with Crippen LogP contribution >= 0.6 is 0 Å². The molecular formula is C20H22N2O3. The van der Waals surface area contributed by atoms with Crippen LogP contribution in [0.25, 0.3) is 0 Å². The summed E-state index contributed by atoms with van der Waals surface area (Å²) in [5.74, 6) is 0.821. The van der Waals surface area contributed by atoms with Crippen molar-refractivity contribution in [3.8, 4) is 5.75 Å². The third kappa shape index (κ3) is 4.59. The SMILES string of the molecule is COc1ccc(C(NC(=O)CNC(=O)c2ccccc2)C2CC2)cc1. The van der Waals surface area contributed by atoms with Crippen LogP contribution in [0.1, 0.15) is 34.8 Å². The number of amides is 2. The van der Waals surface area contributed by atoms with Gasteiger partial charge in [0.2, 0.25) is 5.91 Å². The van der Waals surface area contributed by atoms with E-state index >= 15 is 0 Å². The third-order valence-electron chi connectivity index (χ3n) is 4.33. The molecule has 0 heterocycles. The van der Waals surface area contributed by atoms with Crippen molar-refractivity contribution in [2.24, 2.45) is 5.92 Å². The zero-order chi connectivity index (χ0) is 17.6. The highest BCUT2D eigenvalue weighted by atomic mass is 16.5. The molecule has 3 rings (SSSR count). The molecule has 25 heavy (non-hydrogen) atoms. The van der Waals surface area contributed by atoms with E-state index in [9.17, 15) is 9.59 Å². The van der Waals surface area contributed by atoms with Gasteiger partial charge in [-0.25, -0.2) is 0 Å². The fourth-order valence-electron chi connectivity index (χ4n) is 2.79. The number of ether oxygens (including phenoxy) is 1. The van der Waals surface area contributed by atoms with Crippen molar-refractivity contribution in [1.29, 1.82) is 0 Å². The minimum atomic E-state index is -0.247. The van der Waals surface area contributed by atoms with Crippen molar-refractivity contribution in [2.75, 3.05) is 13.7 Å². The topological polar surface area (TPSA) is 67.4 Å². The summed E-state index contributed by atoms with van der Waals surface area (Å²) in [6.07, 6.45) is 2.21. The first-order valence-electron chi connectivity index (χ1n) is 8.44. The summed E-state index contributed by atoms with van der Waals surface area (Å²) in [6.45, 7) is -0.0346. The quantitative estimate of drug-likeness (QED) is 0.816. The molecule has 0 saturated heterocycles. The average molecular weight is 338 g/mol. The Morgan fingerprint density at radius 2 is 1.76 bits per heavy atom. The van der Waals surface area contributed by atoms with E-state index in [1.165, 1.54) is 0 Å². The minimum absolute atomic E-state index is 0.0213. The standard InChI is InChI=1S/C20H22N2O3/c1-25-17-11-9-15(10-12-17)19(14-7-8-14)22-18(23)13-21-20(24)16-5-3-2-4-6-16/h2-6,9-12,14,19H,7-8,13H2,1H3,(H,21,24)(H,22,23). The minimum Gasteiger partial charge on any atom is -0.497 e. The van der Waals surface area contributed by atoms with Crippen LogP contribution in [0.4, 0.5) is 0 Å². The summed E-state index contributed by atoms with van der Waals surface area (Å²) in [4.78, 5) is 24.3. The predicted octanol–water partition coefficient (Wildman–Crippen LogP) is 2.69. The van der Waals surface area contributed by atoms with Crippen molar-refractivity contribution in [3.05, 3.63) is 65.7 Å². The summed E-state index contributed by atoms with van der Waals surface area (Å²) < 4.78 is 5.18. The van der Waals surface area contributed by atoms with Gasteiger partial charge in [-0.05, 0) is 48.6 Å². The number of hydrogen-bond donors (Lipinski definition) is 2. The first-order chi connectivity index (χ1) is 12.2. The number of hydrogen-bond acceptors (Lipinski definition) is 3.